The van der Waals surface area contributed by atoms with Gasteiger partial charge in [-0.1, -0.05) is 13.2 Å². The molecule has 4 nitrogen and oxygen atoms in total. The molecule has 2 saturated heterocycles. The van der Waals surface area contributed by atoms with Gasteiger partial charge in [0.25, 0.3) is 0 Å². The molecule has 100 valence electrons. The van der Waals surface area contributed by atoms with Gasteiger partial charge >= 0.3 is 0 Å². The molecule has 0 bridgehead atoms. The summed E-state index contributed by atoms with van der Waals surface area (Å²) in [5.74, 6) is 0.291. The average Bonchev–Trinajstić information content (AvgIpc) is 2.85. The number of piperidine rings is 1. The minimum absolute atomic E-state index is 0.0831. The van der Waals surface area contributed by atoms with Crippen LogP contribution in [0, 0.1) is 0 Å². The van der Waals surface area contributed by atoms with Crippen LogP contribution in [0.1, 0.15) is 32.1 Å². The third-order valence-corrected chi connectivity index (χ3v) is 3.17. The molecular formula is C14H22N2O2. The predicted molar refractivity (Wildman–Crippen MR) is 71.8 cm³/mol. The molecule has 0 unspecified atom stereocenters. The van der Waals surface area contributed by atoms with E-state index in [1.54, 1.807) is 11.1 Å². The third kappa shape index (κ3) is 4.35. The number of amides is 2. The van der Waals surface area contributed by atoms with Gasteiger partial charge in [0.05, 0.1) is 0 Å². The van der Waals surface area contributed by atoms with Crippen molar-refractivity contribution in [2.24, 2.45) is 0 Å². The van der Waals surface area contributed by atoms with Crippen molar-refractivity contribution in [2.45, 2.75) is 32.1 Å². The molecule has 0 spiro atoms. The van der Waals surface area contributed by atoms with Gasteiger partial charge < -0.3 is 9.80 Å². The summed E-state index contributed by atoms with van der Waals surface area (Å²) >= 11 is 0. The van der Waals surface area contributed by atoms with Crippen LogP contribution in [0.3, 0.4) is 0 Å². The summed E-state index contributed by atoms with van der Waals surface area (Å²) < 4.78 is 0. The van der Waals surface area contributed by atoms with Gasteiger partial charge in [0.15, 0.2) is 0 Å². The summed E-state index contributed by atoms with van der Waals surface area (Å²) in [5.41, 5.74) is 0. The van der Waals surface area contributed by atoms with Crippen molar-refractivity contribution in [1.29, 1.82) is 0 Å². The zero-order valence-electron chi connectivity index (χ0n) is 10.9. The lowest BCUT2D eigenvalue weighted by Crippen LogP contribution is -2.34. The van der Waals surface area contributed by atoms with E-state index in [-0.39, 0.29) is 11.8 Å². The standard InChI is InChI=1S/C8H13NO.C6H9NO/c1-2-8(10)9-6-4-3-5-7-9;1-2-7-5-3-4-6(7)8/h2H,1,3-7H2;2H,1,3-5H2. The second-order valence-corrected chi connectivity index (χ2v) is 4.46. The van der Waals surface area contributed by atoms with E-state index < -0.39 is 0 Å². The molecular weight excluding hydrogens is 228 g/mol. The molecule has 0 radical (unpaired) electrons. The highest BCUT2D eigenvalue weighted by molar-refractivity contribution is 5.87. The maximum absolute atomic E-state index is 11.0. The molecule has 2 aliphatic rings. The minimum atomic E-state index is 0.0831. The number of hydrogen-bond acceptors (Lipinski definition) is 2. The third-order valence-electron chi connectivity index (χ3n) is 3.17. The van der Waals surface area contributed by atoms with Crippen molar-refractivity contribution in [3.63, 3.8) is 0 Å². The molecule has 2 aliphatic heterocycles. The van der Waals surface area contributed by atoms with Gasteiger partial charge in [-0.25, -0.2) is 0 Å². The first-order chi connectivity index (χ1) is 8.69. The van der Waals surface area contributed by atoms with Crippen molar-refractivity contribution >= 4 is 11.8 Å². The van der Waals surface area contributed by atoms with Gasteiger partial charge in [-0.3, -0.25) is 9.59 Å². The fraction of sp³-hybridized carbons (Fsp3) is 0.571. The summed E-state index contributed by atoms with van der Waals surface area (Å²) in [4.78, 5) is 25.1. The fourth-order valence-corrected chi connectivity index (χ4v) is 2.11. The molecule has 4 heteroatoms. The summed E-state index contributed by atoms with van der Waals surface area (Å²) in [6.07, 6.45) is 8.25. The molecule has 0 aromatic rings. The lowest BCUT2D eigenvalue weighted by molar-refractivity contribution is -0.127. The van der Waals surface area contributed by atoms with Crippen LogP contribution in [-0.2, 0) is 9.59 Å². The Morgan fingerprint density at radius 2 is 1.72 bits per heavy atom. The summed E-state index contributed by atoms with van der Waals surface area (Å²) in [6, 6.07) is 0. The Hall–Kier alpha value is -1.58. The Bertz CT molecular complexity index is 320. The van der Waals surface area contributed by atoms with Crippen LogP contribution in [0.4, 0.5) is 0 Å². The highest BCUT2D eigenvalue weighted by atomic mass is 16.2. The minimum Gasteiger partial charge on any atom is -0.339 e. The molecule has 2 rings (SSSR count). The molecule has 18 heavy (non-hydrogen) atoms. The molecule has 2 heterocycles. The SMILES string of the molecule is C=CC(=O)N1CCCCC1.C=CN1CCCC1=O. The topological polar surface area (TPSA) is 40.6 Å². The second-order valence-electron chi connectivity index (χ2n) is 4.46. The van der Waals surface area contributed by atoms with Crippen molar-refractivity contribution in [3.05, 3.63) is 25.4 Å². The Labute approximate surface area is 109 Å². The van der Waals surface area contributed by atoms with Crippen LogP contribution in [0.2, 0.25) is 0 Å². The van der Waals surface area contributed by atoms with Gasteiger partial charge in [0, 0.05) is 26.1 Å². The number of rotatable bonds is 2. The first-order valence-electron chi connectivity index (χ1n) is 6.52. The predicted octanol–water partition coefficient (Wildman–Crippen LogP) is 1.94. The molecule has 2 amide bonds. The Morgan fingerprint density at radius 1 is 1.06 bits per heavy atom. The molecule has 0 N–H and O–H groups in total. The van der Waals surface area contributed by atoms with E-state index in [2.05, 4.69) is 13.2 Å². The number of carbonyl (C=O) groups is 2. The first kappa shape index (κ1) is 14.5. The van der Waals surface area contributed by atoms with Gasteiger partial charge in [0.2, 0.25) is 11.8 Å². The van der Waals surface area contributed by atoms with Crippen molar-refractivity contribution < 1.29 is 9.59 Å². The number of nitrogens with zero attached hydrogens (tertiary/aromatic N) is 2. The van der Waals surface area contributed by atoms with Crippen LogP contribution >= 0.6 is 0 Å². The van der Waals surface area contributed by atoms with Crippen LogP contribution < -0.4 is 0 Å². The number of likely N-dealkylation sites (tertiary alicyclic amines) is 2. The molecule has 0 atom stereocenters. The molecule has 0 aliphatic carbocycles. The smallest absolute Gasteiger partial charge is 0.245 e. The van der Waals surface area contributed by atoms with E-state index in [1.807, 2.05) is 4.90 Å². The zero-order chi connectivity index (χ0) is 13.4. The maximum Gasteiger partial charge on any atom is 0.245 e. The van der Waals surface area contributed by atoms with Crippen LogP contribution in [0.25, 0.3) is 0 Å². The lowest BCUT2D eigenvalue weighted by Gasteiger charge is -2.25. The lowest BCUT2D eigenvalue weighted by atomic mass is 10.1. The highest BCUT2D eigenvalue weighted by Gasteiger charge is 2.16. The maximum atomic E-state index is 11.0. The van der Waals surface area contributed by atoms with Gasteiger partial charge in [-0.2, -0.15) is 0 Å². The number of hydrogen-bond donors (Lipinski definition) is 0. The van der Waals surface area contributed by atoms with E-state index in [0.29, 0.717) is 6.42 Å². The van der Waals surface area contributed by atoms with Gasteiger partial charge in [-0.15, -0.1) is 0 Å². The van der Waals surface area contributed by atoms with E-state index in [4.69, 9.17) is 0 Å². The molecule has 0 saturated carbocycles. The largest absolute Gasteiger partial charge is 0.339 e. The van der Waals surface area contributed by atoms with Crippen LogP contribution in [0.15, 0.2) is 25.4 Å². The first-order valence-corrected chi connectivity index (χ1v) is 6.52. The number of carbonyl (C=O) groups excluding carboxylic acids is 2. The van der Waals surface area contributed by atoms with Crippen LogP contribution in [0.5, 0.6) is 0 Å². The summed E-state index contributed by atoms with van der Waals surface area (Å²) in [6.45, 7) is 9.65. The Balaban J connectivity index is 0.000000184. The van der Waals surface area contributed by atoms with E-state index in [0.717, 1.165) is 38.9 Å². The normalized spacial score (nSPS) is 19.0. The van der Waals surface area contributed by atoms with E-state index in [9.17, 15) is 9.59 Å². The van der Waals surface area contributed by atoms with Crippen molar-refractivity contribution in [1.82, 2.24) is 9.80 Å². The zero-order valence-corrected chi connectivity index (χ0v) is 10.9. The van der Waals surface area contributed by atoms with Crippen LogP contribution in [-0.4, -0.2) is 41.2 Å². The van der Waals surface area contributed by atoms with Gasteiger partial charge in [-0.05, 0) is 38.0 Å². The molecule has 0 aromatic carbocycles. The van der Waals surface area contributed by atoms with Crippen molar-refractivity contribution in [2.75, 3.05) is 19.6 Å². The molecule has 0 aromatic heterocycles. The van der Waals surface area contributed by atoms with Crippen molar-refractivity contribution in [3.8, 4) is 0 Å². The quantitative estimate of drug-likeness (QED) is 0.703. The highest BCUT2D eigenvalue weighted by Crippen LogP contribution is 2.08. The Morgan fingerprint density at radius 3 is 2.11 bits per heavy atom. The fourth-order valence-electron chi connectivity index (χ4n) is 2.11. The van der Waals surface area contributed by atoms with E-state index >= 15 is 0 Å². The average molecular weight is 250 g/mol. The monoisotopic (exact) mass is 250 g/mol. The second kappa shape index (κ2) is 7.69. The Kier molecular flexibility index (Phi) is 6.19. The van der Waals surface area contributed by atoms with E-state index in [1.165, 1.54) is 12.5 Å². The summed E-state index contributed by atoms with van der Waals surface area (Å²) in [7, 11) is 0. The van der Waals surface area contributed by atoms with Gasteiger partial charge in [0.1, 0.15) is 0 Å². The molecule has 2 fully saturated rings. The summed E-state index contributed by atoms with van der Waals surface area (Å²) in [5, 5.41) is 0.